The minimum Gasteiger partial charge on any atom is -0.336 e. The molecule has 1 aromatic rings. The van der Waals surface area contributed by atoms with Crippen molar-refractivity contribution in [2.45, 2.75) is 19.8 Å². The molecule has 1 amide bonds. The van der Waals surface area contributed by atoms with Crippen LogP contribution in [0.15, 0.2) is 16.9 Å². The number of H-pyrrole nitrogens is 1. The molecule has 18 heavy (non-hydrogen) atoms. The second kappa shape index (κ2) is 5.35. The zero-order valence-corrected chi connectivity index (χ0v) is 10.8. The summed E-state index contributed by atoms with van der Waals surface area (Å²) >= 11 is 0. The highest BCUT2D eigenvalue weighted by atomic mass is 16.2. The number of hydrogen-bond donors (Lipinski definition) is 2. The summed E-state index contributed by atoms with van der Waals surface area (Å²) in [5.74, 6) is 0.151. The van der Waals surface area contributed by atoms with E-state index in [1.54, 1.807) is 11.0 Å². The fourth-order valence-electron chi connectivity index (χ4n) is 2.05. The second-order valence-corrected chi connectivity index (χ2v) is 4.89. The maximum atomic E-state index is 12.3. The molecule has 0 radical (unpaired) electrons. The van der Waals surface area contributed by atoms with Crippen molar-refractivity contribution in [3.63, 3.8) is 0 Å². The molecule has 0 spiro atoms. The van der Waals surface area contributed by atoms with E-state index in [0.29, 0.717) is 18.7 Å². The largest absolute Gasteiger partial charge is 0.336 e. The Morgan fingerprint density at radius 2 is 1.94 bits per heavy atom. The maximum absolute atomic E-state index is 12.3. The molecule has 0 saturated carbocycles. The van der Waals surface area contributed by atoms with E-state index in [1.165, 1.54) is 6.07 Å². The average molecular weight is 249 g/mol. The van der Waals surface area contributed by atoms with Crippen LogP contribution in [-0.4, -0.2) is 42.0 Å². The lowest BCUT2D eigenvalue weighted by Crippen LogP contribution is -2.46. The van der Waals surface area contributed by atoms with Crippen molar-refractivity contribution in [1.82, 2.24) is 15.2 Å². The van der Waals surface area contributed by atoms with Crippen LogP contribution < -0.4 is 10.9 Å². The molecule has 0 aromatic carbocycles. The number of aromatic nitrogens is 1. The predicted octanol–water partition coefficient (Wildman–Crippen LogP) is 0.544. The summed E-state index contributed by atoms with van der Waals surface area (Å²) in [4.78, 5) is 28.4. The Labute approximate surface area is 106 Å². The summed E-state index contributed by atoms with van der Waals surface area (Å²) in [5.41, 5.74) is 1.09. The van der Waals surface area contributed by atoms with Gasteiger partial charge in [-0.1, -0.05) is 13.8 Å². The molecule has 5 nitrogen and oxygen atoms in total. The molecule has 0 unspecified atom stereocenters. The number of amides is 1. The molecule has 1 fully saturated rings. The molecule has 1 aromatic heterocycles. The first-order chi connectivity index (χ1) is 8.58. The Morgan fingerprint density at radius 1 is 1.28 bits per heavy atom. The van der Waals surface area contributed by atoms with Crippen LogP contribution in [0.4, 0.5) is 0 Å². The van der Waals surface area contributed by atoms with Crippen LogP contribution in [0.3, 0.4) is 0 Å². The van der Waals surface area contributed by atoms with E-state index in [9.17, 15) is 9.59 Å². The van der Waals surface area contributed by atoms with E-state index in [0.717, 1.165) is 18.8 Å². The van der Waals surface area contributed by atoms with Gasteiger partial charge in [-0.3, -0.25) is 9.59 Å². The van der Waals surface area contributed by atoms with Crippen LogP contribution in [0.5, 0.6) is 0 Å². The zero-order chi connectivity index (χ0) is 13.1. The number of carbonyl (C=O) groups is 1. The van der Waals surface area contributed by atoms with Crippen LogP contribution in [0.2, 0.25) is 0 Å². The Hall–Kier alpha value is -1.62. The minimum atomic E-state index is -0.209. The van der Waals surface area contributed by atoms with Crippen molar-refractivity contribution < 1.29 is 4.79 Å². The van der Waals surface area contributed by atoms with E-state index in [4.69, 9.17) is 0 Å². The molecule has 2 heterocycles. The summed E-state index contributed by atoms with van der Waals surface area (Å²) in [5, 5.41) is 3.20. The molecular weight excluding hydrogens is 230 g/mol. The van der Waals surface area contributed by atoms with Crippen molar-refractivity contribution in [3.05, 3.63) is 33.7 Å². The maximum Gasteiger partial charge on any atom is 0.254 e. The quantitative estimate of drug-likeness (QED) is 0.804. The number of piperazine rings is 1. The van der Waals surface area contributed by atoms with E-state index in [2.05, 4.69) is 10.3 Å². The Kier molecular flexibility index (Phi) is 3.81. The van der Waals surface area contributed by atoms with E-state index in [-0.39, 0.29) is 17.4 Å². The lowest BCUT2D eigenvalue weighted by atomic mass is 10.1. The van der Waals surface area contributed by atoms with E-state index < -0.39 is 0 Å². The van der Waals surface area contributed by atoms with Gasteiger partial charge < -0.3 is 15.2 Å². The minimum absolute atomic E-state index is 0.0514. The molecule has 5 heteroatoms. The van der Waals surface area contributed by atoms with Crippen molar-refractivity contribution in [3.8, 4) is 0 Å². The van der Waals surface area contributed by atoms with Crippen LogP contribution in [0.1, 0.15) is 35.8 Å². The van der Waals surface area contributed by atoms with Gasteiger partial charge >= 0.3 is 0 Å². The van der Waals surface area contributed by atoms with Crippen LogP contribution in [-0.2, 0) is 0 Å². The number of pyridine rings is 1. The zero-order valence-electron chi connectivity index (χ0n) is 10.8. The topological polar surface area (TPSA) is 65.2 Å². The molecule has 98 valence electrons. The fraction of sp³-hybridized carbons (Fsp3) is 0.538. The summed E-state index contributed by atoms with van der Waals surface area (Å²) in [6.45, 7) is 7.00. The standard InChI is InChI=1S/C13H19N3O2/c1-9(2)11-7-10(8-12(17)15-11)13(18)16-5-3-14-4-6-16/h7-9,14H,3-6H2,1-2H3,(H,15,17). The lowest BCUT2D eigenvalue weighted by Gasteiger charge is -2.27. The number of hydrogen-bond acceptors (Lipinski definition) is 3. The van der Waals surface area contributed by atoms with E-state index in [1.807, 2.05) is 13.8 Å². The molecule has 0 bridgehead atoms. The predicted molar refractivity (Wildman–Crippen MR) is 69.9 cm³/mol. The molecule has 1 saturated heterocycles. The van der Waals surface area contributed by atoms with Gasteiger partial charge in [0.25, 0.3) is 5.91 Å². The second-order valence-electron chi connectivity index (χ2n) is 4.89. The van der Waals surface area contributed by atoms with Gasteiger partial charge in [-0.2, -0.15) is 0 Å². The van der Waals surface area contributed by atoms with Gasteiger partial charge in [0.05, 0.1) is 0 Å². The Balaban J connectivity index is 2.26. The number of aromatic amines is 1. The lowest BCUT2D eigenvalue weighted by molar-refractivity contribution is 0.0735. The first-order valence-corrected chi connectivity index (χ1v) is 6.32. The van der Waals surface area contributed by atoms with Gasteiger partial charge in [0.2, 0.25) is 5.56 Å². The Morgan fingerprint density at radius 3 is 2.56 bits per heavy atom. The third kappa shape index (κ3) is 2.79. The average Bonchev–Trinajstić information content (AvgIpc) is 2.38. The third-order valence-corrected chi connectivity index (χ3v) is 3.14. The van der Waals surface area contributed by atoms with Crippen molar-refractivity contribution in [2.24, 2.45) is 0 Å². The third-order valence-electron chi connectivity index (χ3n) is 3.14. The monoisotopic (exact) mass is 249 g/mol. The smallest absolute Gasteiger partial charge is 0.254 e. The number of carbonyl (C=O) groups excluding carboxylic acids is 1. The fourth-order valence-corrected chi connectivity index (χ4v) is 2.05. The van der Waals surface area contributed by atoms with Crippen LogP contribution in [0.25, 0.3) is 0 Å². The van der Waals surface area contributed by atoms with Gasteiger partial charge in [0.1, 0.15) is 0 Å². The first-order valence-electron chi connectivity index (χ1n) is 6.32. The summed E-state index contributed by atoms with van der Waals surface area (Å²) in [6.07, 6.45) is 0. The van der Waals surface area contributed by atoms with Gasteiger partial charge in [-0.05, 0) is 12.0 Å². The molecule has 2 rings (SSSR count). The van der Waals surface area contributed by atoms with Crippen molar-refractivity contribution in [1.29, 1.82) is 0 Å². The highest BCUT2D eigenvalue weighted by Crippen LogP contribution is 2.12. The van der Waals surface area contributed by atoms with Crippen LogP contribution in [0, 0.1) is 0 Å². The SMILES string of the molecule is CC(C)c1cc(C(=O)N2CCNCC2)cc(=O)[nH]1. The van der Waals surface area contributed by atoms with Gasteiger partial charge in [0, 0.05) is 43.5 Å². The van der Waals surface area contributed by atoms with Gasteiger partial charge in [-0.25, -0.2) is 0 Å². The van der Waals surface area contributed by atoms with Gasteiger partial charge in [-0.15, -0.1) is 0 Å². The summed E-state index contributed by atoms with van der Waals surface area (Å²) in [7, 11) is 0. The highest BCUT2D eigenvalue weighted by molar-refractivity contribution is 5.94. The molecule has 1 aliphatic heterocycles. The number of nitrogens with one attached hydrogen (secondary N) is 2. The van der Waals surface area contributed by atoms with Gasteiger partial charge in [0.15, 0.2) is 0 Å². The number of nitrogens with zero attached hydrogens (tertiary/aromatic N) is 1. The molecule has 0 atom stereocenters. The van der Waals surface area contributed by atoms with Crippen molar-refractivity contribution in [2.75, 3.05) is 26.2 Å². The van der Waals surface area contributed by atoms with Crippen molar-refractivity contribution >= 4 is 5.91 Å². The highest BCUT2D eigenvalue weighted by Gasteiger charge is 2.19. The first kappa shape index (κ1) is 12.8. The Bertz CT molecular complexity index is 487. The van der Waals surface area contributed by atoms with E-state index >= 15 is 0 Å². The van der Waals surface area contributed by atoms with Crippen LogP contribution >= 0.6 is 0 Å². The molecule has 2 N–H and O–H groups in total. The molecule has 0 aliphatic carbocycles. The molecule has 1 aliphatic rings. The normalized spacial score (nSPS) is 16.1. The summed E-state index contributed by atoms with van der Waals surface area (Å²) < 4.78 is 0. The number of rotatable bonds is 2. The molecular formula is C13H19N3O2. The summed E-state index contributed by atoms with van der Waals surface area (Å²) in [6, 6.07) is 3.17.